The molecule has 1 aromatic rings. The van der Waals surface area contributed by atoms with Crippen molar-refractivity contribution < 1.29 is 9.47 Å². The van der Waals surface area contributed by atoms with Crippen LogP contribution in [0.1, 0.15) is 33.1 Å². The molecule has 6 nitrogen and oxygen atoms in total. The van der Waals surface area contributed by atoms with Crippen LogP contribution in [0.5, 0.6) is 6.01 Å². The molecule has 1 aliphatic rings. The molecule has 1 aliphatic heterocycles. The maximum Gasteiger partial charge on any atom is 0.322 e. The van der Waals surface area contributed by atoms with Gasteiger partial charge in [0.05, 0.1) is 12.7 Å². The Bertz CT molecular complexity index is 427. The smallest absolute Gasteiger partial charge is 0.322 e. The lowest BCUT2D eigenvalue weighted by molar-refractivity contribution is 0.115. The Kier molecular flexibility index (Phi) is 5.79. The minimum Gasteiger partial charge on any atom is -0.463 e. The molecular weight excluding hydrogens is 280 g/mol. The van der Waals surface area contributed by atoms with Crippen molar-refractivity contribution in [1.82, 2.24) is 15.0 Å². The van der Waals surface area contributed by atoms with E-state index >= 15 is 0 Å². The fourth-order valence-corrected chi connectivity index (χ4v) is 2.26. The standard InChI is InChI=1S/C13H21ClN4O2/c1-3-7-20-13-16-11(14)15-12(17-13)18(4-2)9-10-6-5-8-19-10/h10H,3-9H2,1-2H3. The van der Waals surface area contributed by atoms with Crippen LogP contribution in [0, 0.1) is 0 Å². The third-order valence-corrected chi connectivity index (χ3v) is 3.29. The molecule has 20 heavy (non-hydrogen) atoms. The zero-order valence-electron chi connectivity index (χ0n) is 12.0. The van der Waals surface area contributed by atoms with E-state index in [9.17, 15) is 0 Å². The van der Waals surface area contributed by atoms with E-state index in [1.807, 2.05) is 11.8 Å². The zero-order valence-corrected chi connectivity index (χ0v) is 12.8. The van der Waals surface area contributed by atoms with Crippen molar-refractivity contribution in [2.75, 3.05) is 31.2 Å². The minimum atomic E-state index is 0.159. The Labute approximate surface area is 124 Å². The second-order valence-corrected chi connectivity index (χ2v) is 5.05. The van der Waals surface area contributed by atoms with Gasteiger partial charge in [-0.05, 0) is 37.8 Å². The van der Waals surface area contributed by atoms with E-state index in [1.54, 1.807) is 0 Å². The molecule has 0 N–H and O–H groups in total. The molecule has 1 saturated heterocycles. The predicted octanol–water partition coefficient (Wildman–Crippen LogP) is 2.32. The number of ether oxygens (including phenoxy) is 2. The first kappa shape index (κ1) is 15.3. The second kappa shape index (κ2) is 7.59. The number of halogens is 1. The fraction of sp³-hybridized carbons (Fsp3) is 0.769. The average Bonchev–Trinajstić information content (AvgIpc) is 2.95. The summed E-state index contributed by atoms with van der Waals surface area (Å²) in [6, 6.07) is 0.285. The van der Waals surface area contributed by atoms with Gasteiger partial charge in [-0.25, -0.2) is 0 Å². The van der Waals surface area contributed by atoms with Crippen LogP contribution in [0.15, 0.2) is 0 Å². The summed E-state index contributed by atoms with van der Waals surface area (Å²) in [5.41, 5.74) is 0. The van der Waals surface area contributed by atoms with Crippen LogP contribution < -0.4 is 9.64 Å². The molecule has 2 rings (SSSR count). The number of hydrogen-bond donors (Lipinski definition) is 0. The molecule has 0 spiro atoms. The van der Waals surface area contributed by atoms with Gasteiger partial charge in [0.2, 0.25) is 11.2 Å². The Morgan fingerprint density at radius 2 is 2.20 bits per heavy atom. The number of likely N-dealkylation sites (N-methyl/N-ethyl adjacent to an activating group) is 1. The average molecular weight is 301 g/mol. The SMILES string of the molecule is CCCOc1nc(Cl)nc(N(CC)CC2CCCO2)n1. The lowest BCUT2D eigenvalue weighted by Gasteiger charge is -2.23. The Morgan fingerprint density at radius 3 is 2.85 bits per heavy atom. The molecule has 0 aromatic carbocycles. The second-order valence-electron chi connectivity index (χ2n) is 4.71. The van der Waals surface area contributed by atoms with E-state index in [0.717, 1.165) is 39.0 Å². The van der Waals surface area contributed by atoms with Gasteiger partial charge in [-0.3, -0.25) is 0 Å². The largest absolute Gasteiger partial charge is 0.463 e. The monoisotopic (exact) mass is 300 g/mol. The van der Waals surface area contributed by atoms with Crippen molar-refractivity contribution in [2.24, 2.45) is 0 Å². The van der Waals surface area contributed by atoms with Crippen LogP contribution in [0.3, 0.4) is 0 Å². The summed E-state index contributed by atoms with van der Waals surface area (Å²) < 4.78 is 11.1. The minimum absolute atomic E-state index is 0.159. The third kappa shape index (κ3) is 4.18. The van der Waals surface area contributed by atoms with Gasteiger partial charge in [-0.2, -0.15) is 15.0 Å². The summed E-state index contributed by atoms with van der Waals surface area (Å²) in [6.07, 6.45) is 3.33. The quantitative estimate of drug-likeness (QED) is 0.770. The van der Waals surface area contributed by atoms with Crippen LogP contribution in [0.25, 0.3) is 0 Å². The Morgan fingerprint density at radius 1 is 1.35 bits per heavy atom. The van der Waals surface area contributed by atoms with Crippen LogP contribution in [-0.4, -0.2) is 47.4 Å². The van der Waals surface area contributed by atoms with Gasteiger partial charge in [0, 0.05) is 19.7 Å². The molecule has 1 fully saturated rings. The lowest BCUT2D eigenvalue weighted by Crippen LogP contribution is -2.33. The van der Waals surface area contributed by atoms with Crippen molar-refractivity contribution in [2.45, 2.75) is 39.2 Å². The van der Waals surface area contributed by atoms with Crippen molar-refractivity contribution in [3.63, 3.8) is 0 Å². The van der Waals surface area contributed by atoms with E-state index < -0.39 is 0 Å². The molecule has 0 bridgehead atoms. The highest BCUT2D eigenvalue weighted by molar-refractivity contribution is 6.28. The summed E-state index contributed by atoms with van der Waals surface area (Å²) >= 11 is 5.95. The summed E-state index contributed by atoms with van der Waals surface area (Å²) in [4.78, 5) is 14.5. The maximum atomic E-state index is 5.95. The van der Waals surface area contributed by atoms with E-state index in [1.165, 1.54) is 0 Å². The number of rotatable bonds is 7. The highest BCUT2D eigenvalue weighted by Crippen LogP contribution is 2.19. The number of hydrogen-bond acceptors (Lipinski definition) is 6. The van der Waals surface area contributed by atoms with E-state index in [4.69, 9.17) is 21.1 Å². The number of anilines is 1. The molecule has 112 valence electrons. The first-order valence-electron chi connectivity index (χ1n) is 7.13. The number of nitrogens with zero attached hydrogens (tertiary/aromatic N) is 4. The van der Waals surface area contributed by atoms with Crippen LogP contribution in [-0.2, 0) is 4.74 Å². The van der Waals surface area contributed by atoms with Gasteiger partial charge in [0.25, 0.3) is 0 Å². The first-order valence-corrected chi connectivity index (χ1v) is 7.51. The van der Waals surface area contributed by atoms with Crippen molar-refractivity contribution in [3.8, 4) is 6.01 Å². The molecular formula is C13H21ClN4O2. The van der Waals surface area contributed by atoms with Gasteiger partial charge in [-0.15, -0.1) is 0 Å². The van der Waals surface area contributed by atoms with Crippen molar-refractivity contribution in [1.29, 1.82) is 0 Å². The highest BCUT2D eigenvalue weighted by Gasteiger charge is 2.21. The first-order chi connectivity index (χ1) is 9.72. The predicted molar refractivity (Wildman–Crippen MR) is 77.5 cm³/mol. The molecule has 1 unspecified atom stereocenters. The van der Waals surface area contributed by atoms with Gasteiger partial charge in [-0.1, -0.05) is 6.92 Å². The maximum absolute atomic E-state index is 5.95. The number of aromatic nitrogens is 3. The van der Waals surface area contributed by atoms with Gasteiger partial charge in [0.1, 0.15) is 0 Å². The van der Waals surface area contributed by atoms with Crippen molar-refractivity contribution >= 4 is 17.5 Å². The summed E-state index contributed by atoms with van der Waals surface area (Å²) in [5, 5.41) is 0.159. The lowest BCUT2D eigenvalue weighted by atomic mass is 10.2. The van der Waals surface area contributed by atoms with Crippen molar-refractivity contribution in [3.05, 3.63) is 5.28 Å². The molecule has 0 aliphatic carbocycles. The summed E-state index contributed by atoms with van der Waals surface area (Å²) in [5.74, 6) is 0.550. The zero-order chi connectivity index (χ0) is 14.4. The molecule has 1 aromatic heterocycles. The van der Waals surface area contributed by atoms with E-state index in [0.29, 0.717) is 12.6 Å². The van der Waals surface area contributed by atoms with Crippen LogP contribution in [0.2, 0.25) is 5.28 Å². The normalized spacial score (nSPS) is 18.2. The van der Waals surface area contributed by atoms with Crippen LogP contribution in [0.4, 0.5) is 5.95 Å². The highest BCUT2D eigenvalue weighted by atomic mass is 35.5. The van der Waals surface area contributed by atoms with Gasteiger partial charge >= 0.3 is 6.01 Å². The van der Waals surface area contributed by atoms with Gasteiger partial charge < -0.3 is 14.4 Å². The van der Waals surface area contributed by atoms with E-state index in [-0.39, 0.29) is 17.4 Å². The topological polar surface area (TPSA) is 60.4 Å². The third-order valence-electron chi connectivity index (χ3n) is 3.12. The molecule has 1 atom stereocenters. The summed E-state index contributed by atoms with van der Waals surface area (Å²) in [7, 11) is 0. The molecule has 7 heteroatoms. The molecule has 2 heterocycles. The molecule has 0 radical (unpaired) electrons. The van der Waals surface area contributed by atoms with E-state index in [2.05, 4.69) is 21.9 Å². The Hall–Kier alpha value is -1.14. The summed E-state index contributed by atoms with van der Waals surface area (Å²) in [6.45, 7) is 7.04. The van der Waals surface area contributed by atoms with Crippen LogP contribution >= 0.6 is 11.6 Å². The van der Waals surface area contributed by atoms with Gasteiger partial charge in [0.15, 0.2) is 0 Å². The molecule has 0 amide bonds. The fourth-order valence-electron chi connectivity index (χ4n) is 2.11. The Balaban J connectivity index is 2.08. The molecule has 0 saturated carbocycles.